The number of aliphatic hydroxyl groups excluding tert-OH is 1. The van der Waals surface area contributed by atoms with Crippen molar-refractivity contribution in [2.24, 2.45) is 0 Å². The molecule has 0 bridgehead atoms. The first kappa shape index (κ1) is 28.9. The highest BCUT2D eigenvalue weighted by Crippen LogP contribution is 2.20. The predicted molar refractivity (Wildman–Crippen MR) is 165 cm³/mol. The van der Waals surface area contributed by atoms with Gasteiger partial charge in [-0.25, -0.2) is 4.79 Å². The number of carbonyl (C=O) groups is 3. The summed E-state index contributed by atoms with van der Waals surface area (Å²) in [6.07, 6.45) is 12.0. The zero-order valence-corrected chi connectivity index (χ0v) is 22.9. The number of hydrogen-bond donors (Lipinski definition) is 1. The molecule has 4 aromatic carbocycles. The lowest BCUT2D eigenvalue weighted by Gasteiger charge is -2.04. The van der Waals surface area contributed by atoms with Crippen molar-refractivity contribution in [1.29, 1.82) is 0 Å². The number of ether oxygens (including phenoxy) is 1. The zero-order valence-electron chi connectivity index (χ0n) is 22.9. The van der Waals surface area contributed by atoms with Gasteiger partial charge in [0.1, 0.15) is 6.61 Å². The van der Waals surface area contributed by atoms with E-state index in [1.54, 1.807) is 31.2 Å². The van der Waals surface area contributed by atoms with Crippen molar-refractivity contribution < 1.29 is 24.2 Å². The molecule has 0 aliphatic rings. The lowest BCUT2D eigenvalue weighted by Crippen LogP contribution is -2.03. The average Bonchev–Trinajstić information content (AvgIpc) is 3.01. The molecule has 0 aliphatic heterocycles. The topological polar surface area (TPSA) is 80.7 Å². The Kier molecular flexibility index (Phi) is 9.71. The number of Topliss-reactive ketones (excluding diaryl/α,β-unsaturated/α-hetero) is 2. The summed E-state index contributed by atoms with van der Waals surface area (Å²) in [5.74, 6) is -0.652. The van der Waals surface area contributed by atoms with Crippen molar-refractivity contribution in [3.8, 4) is 0 Å². The molecule has 0 saturated heterocycles. The van der Waals surface area contributed by atoms with Crippen LogP contribution >= 0.6 is 0 Å². The van der Waals surface area contributed by atoms with E-state index >= 15 is 0 Å². The van der Waals surface area contributed by atoms with Crippen molar-refractivity contribution in [1.82, 2.24) is 0 Å². The van der Waals surface area contributed by atoms with Gasteiger partial charge in [0.25, 0.3) is 0 Å². The quantitative estimate of drug-likeness (QED) is 0.129. The summed E-state index contributed by atoms with van der Waals surface area (Å²) >= 11 is 0. The molecule has 41 heavy (non-hydrogen) atoms. The molecule has 1 N–H and O–H groups in total. The maximum Gasteiger partial charge on any atom is 0.337 e. The second kappa shape index (κ2) is 13.8. The van der Waals surface area contributed by atoms with Crippen LogP contribution in [0.1, 0.15) is 71.4 Å². The molecule has 0 heterocycles. The van der Waals surface area contributed by atoms with E-state index in [0.717, 1.165) is 33.4 Å². The molecule has 0 spiro atoms. The molecular formula is C36H30O5. The first-order chi connectivity index (χ1) is 19.8. The van der Waals surface area contributed by atoms with E-state index in [1.165, 1.54) is 7.11 Å². The van der Waals surface area contributed by atoms with Gasteiger partial charge in [-0.1, -0.05) is 97.1 Å². The van der Waals surface area contributed by atoms with Crippen molar-refractivity contribution in [3.63, 3.8) is 0 Å². The number of rotatable bonds is 10. The van der Waals surface area contributed by atoms with Gasteiger partial charge in [0, 0.05) is 11.1 Å². The number of esters is 1. The summed E-state index contributed by atoms with van der Waals surface area (Å²) in [4.78, 5) is 35.0. The SMILES string of the molecule is COC(=O)c1ccc(/C=C/c2cc(/C=C/c3ccc(C(C)=O)cc3)cc(/C=C/c3ccc(C(=O)CO)cc3)c2)cc1. The van der Waals surface area contributed by atoms with Crippen molar-refractivity contribution in [2.45, 2.75) is 6.92 Å². The second-order valence-corrected chi connectivity index (χ2v) is 9.43. The van der Waals surface area contributed by atoms with Gasteiger partial charge >= 0.3 is 5.97 Å². The fraction of sp³-hybridized carbons (Fsp3) is 0.0833. The second-order valence-electron chi connectivity index (χ2n) is 9.43. The van der Waals surface area contributed by atoms with Crippen molar-refractivity contribution in [3.05, 3.63) is 141 Å². The minimum Gasteiger partial charge on any atom is -0.465 e. The van der Waals surface area contributed by atoms with E-state index in [4.69, 9.17) is 9.84 Å². The molecule has 4 rings (SSSR count). The van der Waals surface area contributed by atoms with E-state index in [1.807, 2.05) is 85.0 Å². The Hall–Kier alpha value is -5.13. The maximum atomic E-state index is 11.7. The van der Waals surface area contributed by atoms with Gasteiger partial charge in [-0.2, -0.15) is 0 Å². The summed E-state index contributed by atoms with van der Waals surface area (Å²) in [6.45, 7) is 1.04. The molecule has 0 unspecified atom stereocenters. The number of methoxy groups -OCH3 is 1. The molecule has 4 aromatic rings. The van der Waals surface area contributed by atoms with E-state index in [0.29, 0.717) is 16.7 Å². The summed E-state index contributed by atoms with van der Waals surface area (Å²) in [5.41, 5.74) is 7.45. The fourth-order valence-electron chi connectivity index (χ4n) is 4.12. The molecule has 5 nitrogen and oxygen atoms in total. The summed E-state index contributed by atoms with van der Waals surface area (Å²) in [7, 11) is 1.36. The highest BCUT2D eigenvalue weighted by atomic mass is 16.5. The number of benzene rings is 4. The molecule has 204 valence electrons. The van der Waals surface area contributed by atoms with Crippen LogP contribution in [-0.2, 0) is 4.74 Å². The zero-order chi connectivity index (χ0) is 29.2. The standard InChI is InChI=1S/C36H30O5/c1-25(38)32-15-9-26(10-16-32)3-6-29-21-30(7-4-27-11-17-33(18-12-27)35(39)24-37)23-31(22-29)8-5-28-13-19-34(20-14-28)36(40)41-2/h3-23,37H,24H2,1-2H3/b6-3+,7-4+,8-5+. The molecule has 0 aliphatic carbocycles. The van der Waals surface area contributed by atoms with Gasteiger partial charge < -0.3 is 9.84 Å². The van der Waals surface area contributed by atoms with Crippen LogP contribution < -0.4 is 0 Å². The molecule has 0 radical (unpaired) electrons. The average molecular weight is 543 g/mol. The third-order valence-corrected chi connectivity index (χ3v) is 6.43. The normalized spacial score (nSPS) is 11.4. The highest BCUT2D eigenvalue weighted by molar-refractivity contribution is 5.97. The van der Waals surface area contributed by atoms with Crippen molar-refractivity contribution in [2.75, 3.05) is 13.7 Å². The molecular weight excluding hydrogens is 512 g/mol. The molecule has 0 fully saturated rings. The van der Waals surface area contributed by atoms with Crippen molar-refractivity contribution >= 4 is 54.0 Å². The van der Waals surface area contributed by atoms with Crippen LogP contribution in [0.15, 0.2) is 91.0 Å². The van der Waals surface area contributed by atoms with Gasteiger partial charge in [0.05, 0.1) is 12.7 Å². The summed E-state index contributed by atoms with van der Waals surface area (Å²) in [6, 6.07) is 28.0. The van der Waals surface area contributed by atoms with Crippen LogP contribution in [0.3, 0.4) is 0 Å². The van der Waals surface area contributed by atoms with Gasteiger partial charge in [-0.15, -0.1) is 0 Å². The monoisotopic (exact) mass is 542 g/mol. The van der Waals surface area contributed by atoms with Gasteiger partial charge in [0.2, 0.25) is 0 Å². The van der Waals surface area contributed by atoms with Crippen LogP contribution in [-0.4, -0.2) is 36.4 Å². The highest BCUT2D eigenvalue weighted by Gasteiger charge is 2.04. The van der Waals surface area contributed by atoms with Crippen LogP contribution in [0.25, 0.3) is 36.5 Å². The van der Waals surface area contributed by atoms with Gasteiger partial charge in [0.15, 0.2) is 11.6 Å². The first-order valence-corrected chi connectivity index (χ1v) is 13.1. The van der Waals surface area contributed by atoms with Crippen LogP contribution in [0.2, 0.25) is 0 Å². The maximum absolute atomic E-state index is 11.7. The molecule has 0 aromatic heterocycles. The Morgan fingerprint density at radius 3 is 1.24 bits per heavy atom. The van der Waals surface area contributed by atoms with Crippen LogP contribution in [0.5, 0.6) is 0 Å². The number of ketones is 2. The molecule has 5 heteroatoms. The minimum atomic E-state index is -0.512. The van der Waals surface area contributed by atoms with Crippen LogP contribution in [0.4, 0.5) is 0 Å². The van der Waals surface area contributed by atoms with E-state index in [9.17, 15) is 14.4 Å². The lowest BCUT2D eigenvalue weighted by molar-refractivity contribution is 0.0600. The van der Waals surface area contributed by atoms with Gasteiger partial charge in [-0.05, 0) is 70.6 Å². The van der Waals surface area contributed by atoms with Crippen LogP contribution in [0, 0.1) is 0 Å². The minimum absolute atomic E-state index is 0.0334. The first-order valence-electron chi connectivity index (χ1n) is 13.1. The molecule has 0 amide bonds. The molecule has 0 saturated carbocycles. The Morgan fingerprint density at radius 2 is 0.902 bits per heavy atom. The van der Waals surface area contributed by atoms with E-state index in [-0.39, 0.29) is 17.5 Å². The number of aliphatic hydroxyl groups is 1. The Balaban J connectivity index is 1.62. The summed E-state index contributed by atoms with van der Waals surface area (Å²) < 4.78 is 4.77. The van der Waals surface area contributed by atoms with E-state index < -0.39 is 6.61 Å². The Bertz CT molecular complexity index is 1530. The van der Waals surface area contributed by atoms with Gasteiger partial charge in [-0.3, -0.25) is 9.59 Å². The molecule has 0 atom stereocenters. The smallest absolute Gasteiger partial charge is 0.337 e. The van der Waals surface area contributed by atoms with E-state index in [2.05, 4.69) is 18.2 Å². The lowest BCUT2D eigenvalue weighted by atomic mass is 10.0. The fourth-order valence-corrected chi connectivity index (χ4v) is 4.12. The Morgan fingerprint density at radius 1 is 0.561 bits per heavy atom. The largest absolute Gasteiger partial charge is 0.465 e. The predicted octanol–water partition coefficient (Wildman–Crippen LogP) is 7.36. The number of hydrogen-bond acceptors (Lipinski definition) is 5. The number of carbonyl (C=O) groups excluding carboxylic acids is 3. The third kappa shape index (κ3) is 8.18. The summed E-state index contributed by atoms with van der Waals surface area (Å²) in [5, 5.41) is 9.07. The Labute approximate surface area is 239 Å². The third-order valence-electron chi connectivity index (χ3n) is 6.43.